The van der Waals surface area contributed by atoms with Crippen LogP contribution in [0.4, 0.5) is 0 Å². The maximum Gasteiger partial charge on any atom is 0.306 e. The molecule has 0 aliphatic heterocycles. The minimum absolute atomic E-state index is 0.114. The van der Waals surface area contributed by atoms with Crippen LogP contribution in [-0.4, -0.2) is 37.4 Å². The summed E-state index contributed by atoms with van der Waals surface area (Å²) in [6.45, 7) is 10.3. The van der Waals surface area contributed by atoms with Crippen LogP contribution >= 0.6 is 11.3 Å². The number of carbonyl (C=O) groups is 1. The van der Waals surface area contributed by atoms with Gasteiger partial charge < -0.3 is 18.9 Å². The summed E-state index contributed by atoms with van der Waals surface area (Å²) in [5.74, 6) is 2.67. The van der Waals surface area contributed by atoms with Crippen LogP contribution in [0.25, 0.3) is 10.6 Å². The lowest BCUT2D eigenvalue weighted by Crippen LogP contribution is -2.08. The lowest BCUT2D eigenvalue weighted by Gasteiger charge is -2.14. The quantitative estimate of drug-likeness (QED) is 0.159. The zero-order valence-electron chi connectivity index (χ0n) is 23.0. The van der Waals surface area contributed by atoms with Crippen LogP contribution in [0.2, 0.25) is 0 Å². The first kappa shape index (κ1) is 28.0. The van der Waals surface area contributed by atoms with E-state index in [0.29, 0.717) is 32.8 Å². The van der Waals surface area contributed by atoms with Gasteiger partial charge in [0.1, 0.15) is 16.5 Å². The van der Waals surface area contributed by atoms with E-state index >= 15 is 0 Å². The number of hydrogen-bond donors (Lipinski definition) is 0. The number of hydrogen-bond acceptors (Lipinski definition) is 7. The molecule has 1 aliphatic carbocycles. The lowest BCUT2D eigenvalue weighted by molar-refractivity contribution is -0.143. The van der Waals surface area contributed by atoms with Gasteiger partial charge in [-0.3, -0.25) is 4.79 Å². The molecule has 0 bridgehead atoms. The highest BCUT2D eigenvalue weighted by molar-refractivity contribution is 7.15. The highest BCUT2D eigenvalue weighted by Gasteiger charge is 2.25. The van der Waals surface area contributed by atoms with Gasteiger partial charge in [-0.15, -0.1) is 11.3 Å². The first-order chi connectivity index (χ1) is 18.5. The Balaban J connectivity index is 1.28. The summed E-state index contributed by atoms with van der Waals surface area (Å²) in [5, 5.41) is 0.977. The minimum atomic E-state index is -0.114. The third kappa shape index (κ3) is 7.07. The number of nitrogens with zero attached hydrogens (tertiary/aromatic N) is 1. The zero-order chi connectivity index (χ0) is 26.9. The molecule has 204 valence electrons. The van der Waals surface area contributed by atoms with Gasteiger partial charge in [0.2, 0.25) is 5.88 Å². The number of carbonyl (C=O) groups excluding carboxylic acids is 1. The highest BCUT2D eigenvalue weighted by atomic mass is 32.1. The molecule has 0 unspecified atom stereocenters. The Kier molecular flexibility index (Phi) is 10.0. The number of aryl methyl sites for hydroxylation is 3. The second-order valence-corrected chi connectivity index (χ2v) is 10.7. The molecule has 0 saturated carbocycles. The van der Waals surface area contributed by atoms with E-state index in [-0.39, 0.29) is 11.9 Å². The number of aromatic nitrogens is 1. The van der Waals surface area contributed by atoms with Crippen LogP contribution in [0, 0.1) is 6.92 Å². The Morgan fingerprint density at radius 2 is 1.87 bits per heavy atom. The van der Waals surface area contributed by atoms with E-state index in [2.05, 4.69) is 42.2 Å². The fourth-order valence-corrected chi connectivity index (χ4v) is 5.79. The molecule has 0 amide bonds. The van der Waals surface area contributed by atoms with Gasteiger partial charge in [-0.1, -0.05) is 19.4 Å². The van der Waals surface area contributed by atoms with Crippen molar-refractivity contribution >= 4 is 17.3 Å². The van der Waals surface area contributed by atoms with Crippen molar-refractivity contribution in [1.29, 1.82) is 0 Å². The molecule has 7 heteroatoms. The summed E-state index contributed by atoms with van der Waals surface area (Å²) in [4.78, 5) is 17.7. The van der Waals surface area contributed by atoms with Gasteiger partial charge in [-0.25, -0.2) is 4.98 Å². The summed E-state index contributed by atoms with van der Waals surface area (Å²) in [6.07, 6.45) is 5.21. The Hall–Kier alpha value is -3.06. The van der Waals surface area contributed by atoms with Crippen LogP contribution in [0.5, 0.6) is 17.4 Å². The molecule has 1 aliphatic rings. The number of ether oxygens (including phenoxy) is 4. The average Bonchev–Trinajstić information content (AvgIpc) is 3.47. The van der Waals surface area contributed by atoms with Crippen molar-refractivity contribution in [3.05, 3.63) is 58.0 Å². The van der Waals surface area contributed by atoms with Crippen LogP contribution in [0.3, 0.4) is 0 Å². The van der Waals surface area contributed by atoms with Crippen molar-refractivity contribution in [3.63, 3.8) is 0 Å². The SMILES string of the molecule is CCCc1cc(-c2nc(OCC)c(C)s2)ccc1OCCCOc1ccc2c(c1)CC[C@H]2CC(=O)OCC. The third-order valence-corrected chi connectivity index (χ3v) is 7.71. The largest absolute Gasteiger partial charge is 0.493 e. The van der Waals surface area contributed by atoms with Crippen LogP contribution in [0.1, 0.15) is 73.9 Å². The molecule has 3 aromatic rings. The lowest BCUT2D eigenvalue weighted by atomic mass is 9.98. The van der Waals surface area contributed by atoms with Crippen molar-refractivity contribution in [2.24, 2.45) is 0 Å². The third-order valence-electron chi connectivity index (χ3n) is 6.71. The van der Waals surface area contributed by atoms with Crippen molar-refractivity contribution in [2.75, 3.05) is 26.4 Å². The Morgan fingerprint density at radius 3 is 2.66 bits per heavy atom. The molecular weight excluding hydrogens is 498 g/mol. The number of esters is 1. The Labute approximate surface area is 230 Å². The predicted molar refractivity (Wildman–Crippen MR) is 152 cm³/mol. The molecule has 1 aromatic heterocycles. The summed E-state index contributed by atoms with van der Waals surface area (Å²) < 4.78 is 23.0. The molecule has 0 spiro atoms. The standard InChI is InChI=1S/C31H39NO5S/c1-5-9-24-18-25(31-32-30(35-7-3)21(4)38-31)12-15-28(24)37-17-8-16-36-26-13-14-27-22(19-26)10-11-23(27)20-29(33)34-6-2/h12-15,18-19,23H,5-11,16-17,20H2,1-4H3/t23-/m0/s1. The van der Waals surface area contributed by atoms with Gasteiger partial charge in [0.25, 0.3) is 0 Å². The summed E-state index contributed by atoms with van der Waals surface area (Å²) >= 11 is 1.66. The van der Waals surface area contributed by atoms with Gasteiger partial charge in [-0.2, -0.15) is 0 Å². The number of thiazole rings is 1. The zero-order valence-corrected chi connectivity index (χ0v) is 23.8. The first-order valence-corrected chi connectivity index (χ1v) is 14.6. The normalized spacial score (nSPS) is 14.3. The van der Waals surface area contributed by atoms with E-state index in [9.17, 15) is 4.79 Å². The summed E-state index contributed by atoms with van der Waals surface area (Å²) in [5.41, 5.74) is 4.83. The summed E-state index contributed by atoms with van der Waals surface area (Å²) in [6, 6.07) is 12.6. The van der Waals surface area contributed by atoms with Gasteiger partial charge in [0.05, 0.1) is 37.7 Å². The molecule has 0 saturated heterocycles. The maximum absolute atomic E-state index is 11.9. The van der Waals surface area contributed by atoms with E-state index < -0.39 is 0 Å². The monoisotopic (exact) mass is 537 g/mol. The second kappa shape index (κ2) is 13.7. The molecule has 2 aromatic carbocycles. The van der Waals surface area contributed by atoms with Crippen molar-refractivity contribution in [1.82, 2.24) is 4.98 Å². The smallest absolute Gasteiger partial charge is 0.306 e. The first-order valence-electron chi connectivity index (χ1n) is 13.8. The van der Waals surface area contributed by atoms with E-state index in [1.165, 1.54) is 16.7 Å². The maximum atomic E-state index is 11.9. The van der Waals surface area contributed by atoms with Gasteiger partial charge in [-0.05, 0) is 93.0 Å². The number of benzene rings is 2. The number of fused-ring (bicyclic) bond motifs is 1. The van der Waals surface area contributed by atoms with Gasteiger partial charge in [0.15, 0.2) is 0 Å². The molecule has 0 N–H and O–H groups in total. The van der Waals surface area contributed by atoms with Gasteiger partial charge >= 0.3 is 5.97 Å². The minimum Gasteiger partial charge on any atom is -0.493 e. The number of rotatable bonds is 14. The molecule has 0 radical (unpaired) electrons. The molecular formula is C31H39NO5S. The Bertz CT molecular complexity index is 1220. The van der Waals surface area contributed by atoms with E-state index in [1.54, 1.807) is 11.3 Å². The van der Waals surface area contributed by atoms with Crippen molar-refractivity contribution < 1.29 is 23.7 Å². The predicted octanol–water partition coefficient (Wildman–Crippen LogP) is 7.30. The van der Waals surface area contributed by atoms with Crippen molar-refractivity contribution in [2.45, 2.75) is 72.1 Å². The van der Waals surface area contributed by atoms with E-state index in [1.807, 2.05) is 26.8 Å². The molecule has 0 fully saturated rings. The van der Waals surface area contributed by atoms with Crippen LogP contribution in [-0.2, 0) is 22.4 Å². The molecule has 4 rings (SSSR count). The van der Waals surface area contributed by atoms with Crippen molar-refractivity contribution in [3.8, 4) is 28.0 Å². The van der Waals surface area contributed by atoms with E-state index in [0.717, 1.165) is 64.9 Å². The highest BCUT2D eigenvalue weighted by Crippen LogP contribution is 2.38. The average molecular weight is 538 g/mol. The van der Waals surface area contributed by atoms with Crippen LogP contribution in [0.15, 0.2) is 36.4 Å². The molecule has 1 atom stereocenters. The second-order valence-electron chi connectivity index (χ2n) is 9.54. The fourth-order valence-electron chi connectivity index (χ4n) is 4.93. The Morgan fingerprint density at radius 1 is 1.03 bits per heavy atom. The van der Waals surface area contributed by atoms with Gasteiger partial charge in [0, 0.05) is 12.0 Å². The molecule has 38 heavy (non-hydrogen) atoms. The molecule has 6 nitrogen and oxygen atoms in total. The fraction of sp³-hybridized carbons (Fsp3) is 0.484. The topological polar surface area (TPSA) is 66.9 Å². The summed E-state index contributed by atoms with van der Waals surface area (Å²) in [7, 11) is 0. The van der Waals surface area contributed by atoms with Crippen LogP contribution < -0.4 is 14.2 Å². The molecule has 1 heterocycles. The van der Waals surface area contributed by atoms with E-state index in [4.69, 9.17) is 18.9 Å².